The van der Waals surface area contributed by atoms with Gasteiger partial charge < -0.3 is 0 Å². The van der Waals surface area contributed by atoms with Crippen LogP contribution in [0, 0.1) is 6.92 Å². The molecule has 0 radical (unpaired) electrons. The molecule has 0 aliphatic heterocycles. The van der Waals surface area contributed by atoms with Crippen LogP contribution < -0.4 is 4.57 Å². The van der Waals surface area contributed by atoms with Gasteiger partial charge in [0.1, 0.15) is 11.7 Å². The average molecular weight is 247 g/mol. The molecule has 2 aromatic carbocycles. The first-order valence-electron chi connectivity index (χ1n) is 6.54. The molecule has 2 heteroatoms. The van der Waals surface area contributed by atoms with Gasteiger partial charge in [0.05, 0.1) is 7.05 Å². The van der Waals surface area contributed by atoms with E-state index in [9.17, 15) is 0 Å². The molecule has 4 rings (SSSR count). The summed E-state index contributed by atoms with van der Waals surface area (Å²) in [6.45, 7) is 2.16. The number of hydrogen-bond donors (Lipinski definition) is 0. The number of benzene rings is 2. The molecule has 0 unspecified atom stereocenters. The number of rotatable bonds is 0. The van der Waals surface area contributed by atoms with Crippen LogP contribution in [0.5, 0.6) is 0 Å². The van der Waals surface area contributed by atoms with Crippen LogP contribution in [0.2, 0.25) is 0 Å². The normalized spacial score (nSPS) is 11.7. The second-order valence-corrected chi connectivity index (χ2v) is 5.07. The summed E-state index contributed by atoms with van der Waals surface area (Å²) in [7, 11) is 2.10. The summed E-state index contributed by atoms with van der Waals surface area (Å²) >= 11 is 0. The molecule has 0 aliphatic carbocycles. The average Bonchev–Trinajstić information content (AvgIpc) is 2.76. The fourth-order valence-electron chi connectivity index (χ4n) is 3.00. The summed E-state index contributed by atoms with van der Waals surface area (Å²) in [5.41, 5.74) is 2.55. The molecule has 0 bridgehead atoms. The van der Waals surface area contributed by atoms with Crippen LogP contribution in [0.3, 0.4) is 0 Å². The van der Waals surface area contributed by atoms with Gasteiger partial charge in [-0.1, -0.05) is 36.4 Å². The van der Waals surface area contributed by atoms with Crippen LogP contribution in [0.4, 0.5) is 0 Å². The van der Waals surface area contributed by atoms with E-state index in [4.69, 9.17) is 0 Å². The maximum absolute atomic E-state index is 2.34. The third-order valence-electron chi connectivity index (χ3n) is 4.03. The number of fused-ring (bicyclic) bond motifs is 6. The molecule has 0 spiro atoms. The highest BCUT2D eigenvalue weighted by Gasteiger charge is 2.18. The summed E-state index contributed by atoms with van der Waals surface area (Å²) in [6, 6.07) is 17.3. The van der Waals surface area contributed by atoms with Crippen molar-refractivity contribution in [1.29, 1.82) is 0 Å². The second-order valence-electron chi connectivity index (χ2n) is 5.07. The first-order chi connectivity index (χ1) is 9.27. The highest BCUT2D eigenvalue weighted by molar-refractivity contribution is 6.12. The molecule has 0 N–H and O–H groups in total. The Balaban J connectivity index is 2.47. The minimum atomic E-state index is 1.25. The van der Waals surface area contributed by atoms with Crippen LogP contribution in [0.15, 0.2) is 54.7 Å². The van der Waals surface area contributed by atoms with Crippen molar-refractivity contribution in [1.82, 2.24) is 4.40 Å². The Morgan fingerprint density at radius 3 is 2.11 bits per heavy atom. The van der Waals surface area contributed by atoms with Crippen molar-refractivity contribution in [2.24, 2.45) is 7.05 Å². The lowest BCUT2D eigenvalue weighted by molar-refractivity contribution is -0.676. The molecule has 92 valence electrons. The molecular formula is C17H15N2+. The Hall–Kier alpha value is -2.35. The molecule has 0 saturated carbocycles. The Kier molecular flexibility index (Phi) is 1.99. The second kappa shape index (κ2) is 3.58. The maximum Gasteiger partial charge on any atom is 0.258 e. The molecule has 0 amide bonds. The summed E-state index contributed by atoms with van der Waals surface area (Å²) in [6.07, 6.45) is 2.21. The topological polar surface area (TPSA) is 8.29 Å². The van der Waals surface area contributed by atoms with Crippen molar-refractivity contribution in [2.45, 2.75) is 6.92 Å². The number of para-hydroxylation sites is 1. The minimum Gasteiger partial charge on any atom is -0.236 e. The van der Waals surface area contributed by atoms with Crippen molar-refractivity contribution in [3.05, 3.63) is 60.6 Å². The number of hydrogen-bond acceptors (Lipinski definition) is 0. The number of aryl methyl sites for hydroxylation is 2. The SMILES string of the molecule is Cc1n2c3ccccc3c3ccccc3c2c[n+]1C. The van der Waals surface area contributed by atoms with Crippen LogP contribution >= 0.6 is 0 Å². The van der Waals surface area contributed by atoms with Gasteiger partial charge in [0.15, 0.2) is 5.52 Å². The first kappa shape index (κ1) is 10.6. The van der Waals surface area contributed by atoms with Crippen molar-refractivity contribution in [2.75, 3.05) is 0 Å². The largest absolute Gasteiger partial charge is 0.258 e. The van der Waals surface area contributed by atoms with Gasteiger partial charge >= 0.3 is 0 Å². The highest BCUT2D eigenvalue weighted by Crippen LogP contribution is 2.29. The van der Waals surface area contributed by atoms with Gasteiger partial charge in [-0.2, -0.15) is 4.40 Å². The Morgan fingerprint density at radius 2 is 1.37 bits per heavy atom. The van der Waals surface area contributed by atoms with Gasteiger partial charge in [-0.15, -0.1) is 0 Å². The number of aromatic nitrogens is 2. The van der Waals surface area contributed by atoms with Crippen molar-refractivity contribution < 1.29 is 4.57 Å². The summed E-state index contributed by atoms with van der Waals surface area (Å²) in [5, 5.41) is 3.94. The molecule has 2 nitrogen and oxygen atoms in total. The zero-order valence-corrected chi connectivity index (χ0v) is 11.1. The quantitative estimate of drug-likeness (QED) is 0.332. The smallest absolute Gasteiger partial charge is 0.236 e. The highest BCUT2D eigenvalue weighted by atomic mass is 15.1. The van der Waals surface area contributed by atoms with Gasteiger partial charge in [-0.05, 0) is 17.5 Å². The van der Waals surface area contributed by atoms with E-state index in [1.165, 1.54) is 33.0 Å². The molecule has 0 atom stereocenters. The Labute approximate surface area is 111 Å². The Bertz CT molecular complexity index is 932. The van der Waals surface area contributed by atoms with E-state index >= 15 is 0 Å². The van der Waals surface area contributed by atoms with Crippen LogP contribution in [-0.2, 0) is 7.05 Å². The van der Waals surface area contributed by atoms with Gasteiger partial charge in [0, 0.05) is 17.7 Å². The van der Waals surface area contributed by atoms with E-state index in [-0.39, 0.29) is 0 Å². The van der Waals surface area contributed by atoms with Crippen molar-refractivity contribution in [3.8, 4) is 0 Å². The lowest BCUT2D eigenvalue weighted by atomic mass is 10.1. The van der Waals surface area contributed by atoms with Gasteiger partial charge in [-0.25, -0.2) is 4.57 Å². The fraction of sp³-hybridized carbons (Fsp3) is 0.118. The summed E-state index contributed by atoms with van der Waals surface area (Å²) in [5.74, 6) is 1.25. The maximum atomic E-state index is 2.34. The van der Waals surface area contributed by atoms with E-state index in [1.54, 1.807) is 0 Å². The minimum absolute atomic E-state index is 1.25. The molecule has 4 aromatic rings. The van der Waals surface area contributed by atoms with Crippen LogP contribution in [-0.4, -0.2) is 4.40 Å². The third-order valence-corrected chi connectivity index (χ3v) is 4.03. The zero-order valence-electron chi connectivity index (χ0n) is 11.1. The van der Waals surface area contributed by atoms with Crippen LogP contribution in [0.1, 0.15) is 5.82 Å². The first-order valence-corrected chi connectivity index (χ1v) is 6.54. The van der Waals surface area contributed by atoms with Gasteiger partial charge in [0.2, 0.25) is 0 Å². The summed E-state index contributed by atoms with van der Waals surface area (Å²) < 4.78 is 4.53. The molecule has 2 heterocycles. The molecule has 0 saturated heterocycles. The van der Waals surface area contributed by atoms with Crippen molar-refractivity contribution >= 4 is 27.2 Å². The molecule has 2 aromatic heterocycles. The van der Waals surface area contributed by atoms with Crippen LogP contribution in [0.25, 0.3) is 27.2 Å². The van der Waals surface area contributed by atoms with E-state index in [0.29, 0.717) is 0 Å². The molecule has 0 aliphatic rings. The van der Waals surface area contributed by atoms with E-state index in [2.05, 4.69) is 77.7 Å². The number of imidazole rings is 1. The van der Waals surface area contributed by atoms with E-state index in [0.717, 1.165) is 0 Å². The molecule has 0 fully saturated rings. The Morgan fingerprint density at radius 1 is 0.789 bits per heavy atom. The molecular weight excluding hydrogens is 232 g/mol. The van der Waals surface area contributed by atoms with E-state index < -0.39 is 0 Å². The molecule has 19 heavy (non-hydrogen) atoms. The van der Waals surface area contributed by atoms with Crippen molar-refractivity contribution in [3.63, 3.8) is 0 Å². The predicted octanol–water partition coefficient (Wildman–Crippen LogP) is 3.38. The summed E-state index contributed by atoms with van der Waals surface area (Å²) in [4.78, 5) is 0. The van der Waals surface area contributed by atoms with E-state index in [1.807, 2.05) is 0 Å². The fourth-order valence-corrected chi connectivity index (χ4v) is 3.00. The lowest BCUT2D eigenvalue weighted by Crippen LogP contribution is -2.28. The lowest BCUT2D eigenvalue weighted by Gasteiger charge is -2.04. The standard InChI is InChI=1S/C17H15N2/c1-12-18(2)11-17-15-9-4-3-7-13(15)14-8-5-6-10-16(14)19(12)17/h3-11H,1-2H3/q+1. The predicted molar refractivity (Wildman–Crippen MR) is 78.3 cm³/mol. The number of pyridine rings is 1. The van der Waals surface area contributed by atoms with Gasteiger partial charge in [0.25, 0.3) is 5.82 Å². The zero-order chi connectivity index (χ0) is 13.0. The monoisotopic (exact) mass is 247 g/mol. The number of nitrogens with zero attached hydrogens (tertiary/aromatic N) is 2. The third kappa shape index (κ3) is 1.28. The van der Waals surface area contributed by atoms with Gasteiger partial charge in [-0.3, -0.25) is 0 Å².